The highest BCUT2D eigenvalue weighted by Crippen LogP contribution is 2.45. The number of aryl methyl sites for hydroxylation is 1. The van der Waals surface area contributed by atoms with Crippen molar-refractivity contribution < 1.29 is 24.2 Å². The Bertz CT molecular complexity index is 1490. The summed E-state index contributed by atoms with van der Waals surface area (Å²) in [6, 6.07) is 19.5. The van der Waals surface area contributed by atoms with E-state index in [9.17, 15) is 14.7 Å². The number of carbonyl (C=O) groups is 2. The number of anilines is 2. The molecule has 240 valence electrons. The second-order valence-electron chi connectivity index (χ2n) is 13.8. The Balaban J connectivity index is 1.28. The third kappa shape index (κ3) is 8.56. The lowest BCUT2D eigenvalue weighted by Crippen LogP contribution is -2.41. The number of carbonyl (C=O) groups excluding carboxylic acids is 1. The number of nitrogens with zero attached hydrogens (tertiary/aromatic N) is 3. The zero-order valence-corrected chi connectivity index (χ0v) is 27.3. The standard InChI is InChI=1S/C37H47N3O5/c1-25-8-6-11-34(38-25)40(24-37(2,3)4)36(43)31-15-14-29(44-5)21-33(31)39-18-16-26(17-19-39)23-45-30-10-7-9-28(20-30)32(22-35(41)42)27-12-13-27/h6-11,14-15,20-21,26-27,32H,12-13,16-19,22-24H2,1-5H3,(H,41,42). The lowest BCUT2D eigenvalue weighted by atomic mass is 9.91. The first-order chi connectivity index (χ1) is 21.5. The van der Waals surface area contributed by atoms with Gasteiger partial charge in [-0.25, -0.2) is 4.98 Å². The van der Waals surface area contributed by atoms with E-state index in [0.717, 1.165) is 67.2 Å². The van der Waals surface area contributed by atoms with Gasteiger partial charge in [-0.05, 0) is 97.7 Å². The molecule has 0 radical (unpaired) electrons. The van der Waals surface area contributed by atoms with E-state index in [2.05, 4.69) is 25.7 Å². The van der Waals surface area contributed by atoms with Crippen molar-refractivity contribution in [3.8, 4) is 11.5 Å². The van der Waals surface area contributed by atoms with Gasteiger partial charge in [-0.1, -0.05) is 39.0 Å². The summed E-state index contributed by atoms with van der Waals surface area (Å²) in [4.78, 5) is 34.5. The fourth-order valence-electron chi connectivity index (χ4n) is 6.27. The zero-order valence-electron chi connectivity index (χ0n) is 27.3. The van der Waals surface area contributed by atoms with Crippen LogP contribution in [0.5, 0.6) is 11.5 Å². The summed E-state index contributed by atoms with van der Waals surface area (Å²) >= 11 is 0. The van der Waals surface area contributed by atoms with Crippen molar-refractivity contribution in [1.29, 1.82) is 0 Å². The molecule has 0 spiro atoms. The predicted molar refractivity (Wildman–Crippen MR) is 178 cm³/mol. The smallest absolute Gasteiger partial charge is 0.303 e. The van der Waals surface area contributed by atoms with Gasteiger partial charge in [0.25, 0.3) is 5.91 Å². The van der Waals surface area contributed by atoms with Crippen molar-refractivity contribution >= 4 is 23.4 Å². The van der Waals surface area contributed by atoms with Crippen LogP contribution in [0.15, 0.2) is 60.7 Å². The molecule has 2 heterocycles. The van der Waals surface area contributed by atoms with Gasteiger partial charge in [-0.15, -0.1) is 0 Å². The lowest BCUT2D eigenvalue weighted by molar-refractivity contribution is -0.137. The van der Waals surface area contributed by atoms with E-state index in [0.29, 0.717) is 36.4 Å². The molecule has 2 fully saturated rings. The topological polar surface area (TPSA) is 92.2 Å². The fourth-order valence-corrected chi connectivity index (χ4v) is 6.27. The molecular weight excluding hydrogens is 566 g/mol. The molecule has 1 N–H and O–H groups in total. The van der Waals surface area contributed by atoms with E-state index < -0.39 is 5.97 Å². The summed E-state index contributed by atoms with van der Waals surface area (Å²) < 4.78 is 11.8. The first-order valence-corrected chi connectivity index (χ1v) is 16.1. The molecule has 1 atom stereocenters. The minimum Gasteiger partial charge on any atom is -0.497 e. The van der Waals surface area contributed by atoms with Crippen molar-refractivity contribution in [2.24, 2.45) is 17.3 Å². The van der Waals surface area contributed by atoms with Crippen LogP contribution < -0.4 is 19.3 Å². The largest absolute Gasteiger partial charge is 0.497 e. The molecular formula is C37H47N3O5. The van der Waals surface area contributed by atoms with Crippen LogP contribution in [0, 0.1) is 24.2 Å². The van der Waals surface area contributed by atoms with Crippen molar-refractivity contribution in [3.63, 3.8) is 0 Å². The van der Waals surface area contributed by atoms with Gasteiger partial charge in [0, 0.05) is 31.4 Å². The minimum absolute atomic E-state index is 0.0510. The molecule has 2 aromatic carbocycles. The molecule has 2 aliphatic rings. The van der Waals surface area contributed by atoms with Gasteiger partial charge in [-0.2, -0.15) is 0 Å². The molecule has 1 saturated carbocycles. The molecule has 1 aliphatic heterocycles. The molecule has 1 aliphatic carbocycles. The van der Waals surface area contributed by atoms with Crippen LogP contribution in [0.3, 0.4) is 0 Å². The zero-order chi connectivity index (χ0) is 32.1. The van der Waals surface area contributed by atoms with Crippen LogP contribution in [0.2, 0.25) is 0 Å². The van der Waals surface area contributed by atoms with Gasteiger partial charge < -0.3 is 19.5 Å². The number of carboxylic acid groups (broad SMARTS) is 1. The number of pyridine rings is 1. The fraction of sp³-hybridized carbons (Fsp3) is 0.486. The van der Waals surface area contributed by atoms with Crippen LogP contribution in [-0.2, 0) is 4.79 Å². The number of amides is 1. The van der Waals surface area contributed by atoms with Gasteiger partial charge in [0.05, 0.1) is 31.4 Å². The Kier molecular flexibility index (Phi) is 10.0. The Hall–Kier alpha value is -4.07. The average molecular weight is 614 g/mol. The molecule has 1 unspecified atom stereocenters. The quantitative estimate of drug-likeness (QED) is 0.228. The maximum Gasteiger partial charge on any atom is 0.303 e. The van der Waals surface area contributed by atoms with Crippen LogP contribution in [0.1, 0.15) is 80.4 Å². The summed E-state index contributed by atoms with van der Waals surface area (Å²) in [5.74, 6) is 2.24. The van der Waals surface area contributed by atoms with E-state index >= 15 is 0 Å². The molecule has 0 bridgehead atoms. The summed E-state index contributed by atoms with van der Waals surface area (Å²) in [5, 5.41) is 9.41. The van der Waals surface area contributed by atoms with Crippen LogP contribution in [0.25, 0.3) is 0 Å². The monoisotopic (exact) mass is 613 g/mol. The van der Waals surface area contributed by atoms with E-state index in [1.165, 1.54) is 0 Å². The number of carboxylic acids is 1. The number of hydrogen-bond donors (Lipinski definition) is 1. The maximum absolute atomic E-state index is 14.3. The second-order valence-corrected chi connectivity index (χ2v) is 13.8. The number of aromatic nitrogens is 1. The Morgan fingerprint density at radius 2 is 1.73 bits per heavy atom. The third-order valence-electron chi connectivity index (χ3n) is 8.78. The van der Waals surface area contributed by atoms with Crippen molar-refractivity contribution in [1.82, 2.24) is 4.98 Å². The van der Waals surface area contributed by atoms with Crippen LogP contribution in [0.4, 0.5) is 11.5 Å². The summed E-state index contributed by atoms with van der Waals surface area (Å²) in [5.41, 5.74) is 3.32. The Morgan fingerprint density at radius 1 is 1.00 bits per heavy atom. The van der Waals surface area contributed by atoms with Crippen LogP contribution in [-0.4, -0.2) is 55.3 Å². The number of piperidine rings is 1. The molecule has 1 aromatic heterocycles. The van der Waals surface area contributed by atoms with Gasteiger partial charge in [0.1, 0.15) is 17.3 Å². The van der Waals surface area contributed by atoms with Gasteiger partial charge in [0.15, 0.2) is 0 Å². The SMILES string of the molecule is COc1ccc(C(=O)N(CC(C)(C)C)c2cccc(C)n2)c(N2CCC(COc3cccc(C(CC(=O)O)C4CC4)c3)CC2)c1. The first-order valence-electron chi connectivity index (χ1n) is 16.1. The predicted octanol–water partition coefficient (Wildman–Crippen LogP) is 7.36. The highest BCUT2D eigenvalue weighted by Gasteiger charge is 2.34. The van der Waals surface area contributed by atoms with E-state index in [1.807, 2.05) is 67.6 Å². The van der Waals surface area contributed by atoms with E-state index in [-0.39, 0.29) is 23.7 Å². The number of aliphatic carboxylic acids is 1. The Labute approximate surface area is 267 Å². The highest BCUT2D eigenvalue weighted by atomic mass is 16.5. The summed E-state index contributed by atoms with van der Waals surface area (Å²) in [7, 11) is 1.65. The van der Waals surface area contributed by atoms with E-state index in [4.69, 9.17) is 14.5 Å². The number of rotatable bonds is 12. The van der Waals surface area contributed by atoms with Crippen molar-refractivity contribution in [2.75, 3.05) is 43.2 Å². The van der Waals surface area contributed by atoms with Crippen molar-refractivity contribution in [3.05, 3.63) is 77.5 Å². The maximum atomic E-state index is 14.3. The molecule has 8 heteroatoms. The second kappa shape index (κ2) is 13.9. The minimum atomic E-state index is -0.750. The first kappa shape index (κ1) is 32.3. The number of methoxy groups -OCH3 is 1. The highest BCUT2D eigenvalue weighted by molar-refractivity contribution is 6.09. The van der Waals surface area contributed by atoms with Gasteiger partial charge in [-0.3, -0.25) is 14.5 Å². The Morgan fingerprint density at radius 3 is 2.38 bits per heavy atom. The normalized spacial score (nSPS) is 16.2. The molecule has 1 saturated heterocycles. The lowest BCUT2D eigenvalue weighted by Gasteiger charge is -2.36. The summed E-state index contributed by atoms with van der Waals surface area (Å²) in [6.07, 6.45) is 4.22. The van der Waals surface area contributed by atoms with E-state index in [1.54, 1.807) is 12.0 Å². The number of hydrogen-bond acceptors (Lipinski definition) is 6. The number of benzene rings is 2. The molecule has 45 heavy (non-hydrogen) atoms. The molecule has 3 aromatic rings. The number of ether oxygens (including phenoxy) is 2. The molecule has 8 nitrogen and oxygen atoms in total. The van der Waals surface area contributed by atoms with Crippen LogP contribution >= 0.6 is 0 Å². The molecule has 1 amide bonds. The summed E-state index contributed by atoms with van der Waals surface area (Å²) in [6.45, 7) is 11.1. The third-order valence-corrected chi connectivity index (χ3v) is 8.78. The van der Waals surface area contributed by atoms with Crippen molar-refractivity contribution in [2.45, 2.75) is 65.7 Å². The van der Waals surface area contributed by atoms with Gasteiger partial charge in [0.2, 0.25) is 0 Å². The average Bonchev–Trinajstić information content (AvgIpc) is 3.86. The molecule has 5 rings (SSSR count). The van der Waals surface area contributed by atoms with Gasteiger partial charge >= 0.3 is 5.97 Å².